The van der Waals surface area contributed by atoms with Gasteiger partial charge in [-0.2, -0.15) is 0 Å². The predicted octanol–water partition coefficient (Wildman–Crippen LogP) is 2.41. The number of hydrogen-bond donors (Lipinski definition) is 2. The van der Waals surface area contributed by atoms with Gasteiger partial charge >= 0.3 is 0 Å². The second-order valence-corrected chi connectivity index (χ2v) is 8.20. The van der Waals surface area contributed by atoms with Crippen molar-refractivity contribution in [2.45, 2.75) is 44.1 Å². The zero-order valence-corrected chi connectivity index (χ0v) is 17.2. The van der Waals surface area contributed by atoms with Gasteiger partial charge in [-0.15, -0.1) is 0 Å². The average Bonchev–Trinajstić information content (AvgIpc) is 3.58. The smallest absolute Gasteiger partial charge is 0.257 e. The molecule has 8 nitrogen and oxygen atoms in total. The number of nitrogens with zero attached hydrogens (tertiary/aromatic N) is 3. The third-order valence-corrected chi connectivity index (χ3v) is 5.84. The van der Waals surface area contributed by atoms with Crippen LogP contribution in [0.3, 0.4) is 0 Å². The maximum Gasteiger partial charge on any atom is 0.257 e. The van der Waals surface area contributed by atoms with Gasteiger partial charge in [-0.05, 0) is 31.2 Å². The standard InChI is InChI=1S/C21H25F2N5O3/c1-13(20(30)27-17-9-26-19(10-24-17)31-12-14-2-3-14)28-7-6-21(22,23)16(11-28)15-4-5-18(29)25-8-15/h4-5,8-10,13-14,16H,2-3,6-7,11-12H2,1H3,(H,25,29)(H,24,27,30). The van der Waals surface area contributed by atoms with Crippen molar-refractivity contribution < 1.29 is 18.3 Å². The first-order valence-corrected chi connectivity index (χ1v) is 10.4. The quantitative estimate of drug-likeness (QED) is 0.696. The number of carbonyl (C=O) groups excluding carboxylic acids is 1. The SMILES string of the molecule is CC(C(=O)Nc1cnc(OCC2CC2)cn1)N1CCC(F)(F)C(c2ccc(=O)[nH]c2)C1. The molecular weight excluding hydrogens is 408 g/mol. The molecule has 1 aliphatic heterocycles. The number of anilines is 1. The molecule has 4 rings (SSSR count). The summed E-state index contributed by atoms with van der Waals surface area (Å²) in [6, 6.07) is 2.00. The minimum Gasteiger partial charge on any atom is -0.476 e. The molecule has 31 heavy (non-hydrogen) atoms. The van der Waals surface area contributed by atoms with E-state index in [2.05, 4.69) is 20.3 Å². The minimum absolute atomic E-state index is 0.00669. The van der Waals surface area contributed by atoms with Gasteiger partial charge in [-0.3, -0.25) is 14.5 Å². The van der Waals surface area contributed by atoms with Crippen LogP contribution in [0, 0.1) is 5.92 Å². The highest BCUT2D eigenvalue weighted by molar-refractivity contribution is 5.93. The summed E-state index contributed by atoms with van der Waals surface area (Å²) in [7, 11) is 0. The van der Waals surface area contributed by atoms with E-state index in [1.165, 1.54) is 43.6 Å². The van der Waals surface area contributed by atoms with Gasteiger partial charge in [0, 0.05) is 31.8 Å². The molecule has 2 aromatic rings. The Hall–Kier alpha value is -2.88. The molecule has 1 saturated carbocycles. The molecule has 2 aliphatic rings. The maximum atomic E-state index is 14.5. The summed E-state index contributed by atoms with van der Waals surface area (Å²) in [5.74, 6) is -3.12. The topological polar surface area (TPSA) is 100 Å². The highest BCUT2D eigenvalue weighted by Crippen LogP contribution is 2.40. The van der Waals surface area contributed by atoms with E-state index in [-0.39, 0.29) is 36.8 Å². The summed E-state index contributed by atoms with van der Waals surface area (Å²) >= 11 is 0. The van der Waals surface area contributed by atoms with E-state index in [4.69, 9.17) is 4.74 Å². The summed E-state index contributed by atoms with van der Waals surface area (Å²) in [6.45, 7) is 2.37. The molecule has 3 heterocycles. The highest BCUT2D eigenvalue weighted by Gasteiger charge is 2.46. The van der Waals surface area contributed by atoms with Crippen molar-refractivity contribution in [3.63, 3.8) is 0 Å². The molecule has 1 amide bonds. The highest BCUT2D eigenvalue weighted by atomic mass is 19.3. The van der Waals surface area contributed by atoms with Gasteiger partial charge in [0.15, 0.2) is 5.82 Å². The van der Waals surface area contributed by atoms with Crippen molar-refractivity contribution in [3.05, 3.63) is 46.6 Å². The number of alkyl halides is 2. The number of ether oxygens (including phenoxy) is 1. The predicted molar refractivity (Wildman–Crippen MR) is 109 cm³/mol. The third kappa shape index (κ3) is 5.25. The summed E-state index contributed by atoms with van der Waals surface area (Å²) in [4.78, 5) is 36.4. The van der Waals surface area contributed by atoms with E-state index in [1.807, 2.05) is 0 Å². The number of aromatic nitrogens is 3. The largest absolute Gasteiger partial charge is 0.476 e. The molecule has 2 N–H and O–H groups in total. The van der Waals surface area contributed by atoms with Gasteiger partial charge in [-0.25, -0.2) is 18.7 Å². The lowest BCUT2D eigenvalue weighted by Crippen LogP contribution is -2.52. The van der Waals surface area contributed by atoms with Crippen LogP contribution in [-0.4, -0.2) is 57.4 Å². The van der Waals surface area contributed by atoms with Crippen molar-refractivity contribution in [2.24, 2.45) is 5.92 Å². The lowest BCUT2D eigenvalue weighted by Gasteiger charge is -2.40. The molecule has 0 bridgehead atoms. The second-order valence-electron chi connectivity index (χ2n) is 8.20. The van der Waals surface area contributed by atoms with Gasteiger partial charge in [0.1, 0.15) is 0 Å². The number of rotatable bonds is 7. The van der Waals surface area contributed by atoms with E-state index in [0.717, 1.165) is 0 Å². The normalized spacial score (nSPS) is 22.0. The number of H-pyrrole nitrogens is 1. The molecule has 10 heteroatoms. The molecule has 2 unspecified atom stereocenters. The van der Waals surface area contributed by atoms with Crippen LogP contribution in [0.4, 0.5) is 14.6 Å². The Morgan fingerprint density at radius 2 is 2.16 bits per heavy atom. The first kappa shape index (κ1) is 21.4. The molecule has 166 valence electrons. The Labute approximate surface area is 178 Å². The Bertz CT molecular complexity index is 957. The van der Waals surface area contributed by atoms with Crippen LogP contribution in [0.1, 0.15) is 37.7 Å². The first-order chi connectivity index (χ1) is 14.8. The Kier molecular flexibility index (Phi) is 5.99. The number of aromatic amines is 1. The fourth-order valence-corrected chi connectivity index (χ4v) is 3.61. The summed E-state index contributed by atoms with van der Waals surface area (Å²) < 4.78 is 34.6. The Morgan fingerprint density at radius 1 is 1.35 bits per heavy atom. The van der Waals surface area contributed by atoms with Crippen molar-refractivity contribution in [2.75, 3.05) is 25.0 Å². The zero-order valence-electron chi connectivity index (χ0n) is 17.2. The van der Waals surface area contributed by atoms with Crippen molar-refractivity contribution >= 4 is 11.7 Å². The van der Waals surface area contributed by atoms with Gasteiger partial charge in [0.25, 0.3) is 5.92 Å². The fourth-order valence-electron chi connectivity index (χ4n) is 3.61. The van der Waals surface area contributed by atoms with Crippen LogP contribution in [-0.2, 0) is 4.79 Å². The van der Waals surface area contributed by atoms with Crippen molar-refractivity contribution in [1.82, 2.24) is 19.9 Å². The molecule has 2 fully saturated rings. The number of hydrogen-bond acceptors (Lipinski definition) is 6. The van der Waals surface area contributed by atoms with Gasteiger partial charge in [0.2, 0.25) is 17.3 Å². The molecule has 2 atom stereocenters. The number of amides is 1. The second kappa shape index (κ2) is 8.70. The summed E-state index contributed by atoms with van der Waals surface area (Å²) in [6.07, 6.45) is 6.16. The average molecular weight is 433 g/mol. The Balaban J connectivity index is 1.37. The van der Waals surface area contributed by atoms with E-state index < -0.39 is 17.9 Å². The molecule has 0 spiro atoms. The number of halogens is 2. The van der Waals surface area contributed by atoms with E-state index >= 15 is 0 Å². The first-order valence-electron chi connectivity index (χ1n) is 10.4. The van der Waals surface area contributed by atoms with E-state index in [0.29, 0.717) is 24.0 Å². The van der Waals surface area contributed by atoms with E-state index in [9.17, 15) is 18.4 Å². The van der Waals surface area contributed by atoms with Crippen LogP contribution in [0.5, 0.6) is 5.88 Å². The Morgan fingerprint density at radius 3 is 2.81 bits per heavy atom. The fraction of sp³-hybridized carbons (Fsp3) is 0.524. The van der Waals surface area contributed by atoms with Crippen LogP contribution in [0.25, 0.3) is 0 Å². The van der Waals surface area contributed by atoms with Gasteiger partial charge in [0.05, 0.1) is 31.0 Å². The number of likely N-dealkylation sites (tertiary alicyclic amines) is 1. The van der Waals surface area contributed by atoms with Crippen LogP contribution in [0.2, 0.25) is 0 Å². The number of pyridine rings is 1. The lowest BCUT2D eigenvalue weighted by atomic mass is 9.87. The molecule has 2 aromatic heterocycles. The lowest BCUT2D eigenvalue weighted by molar-refractivity contribution is -0.125. The molecular formula is C21H25F2N5O3. The summed E-state index contributed by atoms with van der Waals surface area (Å²) in [5.41, 5.74) is -0.00731. The van der Waals surface area contributed by atoms with Crippen LogP contribution >= 0.6 is 0 Å². The van der Waals surface area contributed by atoms with Crippen LogP contribution < -0.4 is 15.6 Å². The van der Waals surface area contributed by atoms with E-state index in [1.54, 1.807) is 11.8 Å². The van der Waals surface area contributed by atoms with Gasteiger partial charge < -0.3 is 15.0 Å². The number of carbonyl (C=O) groups is 1. The maximum absolute atomic E-state index is 14.5. The minimum atomic E-state index is -2.92. The van der Waals surface area contributed by atoms with Crippen molar-refractivity contribution in [3.8, 4) is 5.88 Å². The van der Waals surface area contributed by atoms with Gasteiger partial charge in [-0.1, -0.05) is 6.07 Å². The molecule has 0 radical (unpaired) electrons. The summed E-state index contributed by atoms with van der Waals surface area (Å²) in [5, 5.41) is 2.68. The zero-order chi connectivity index (χ0) is 22.0. The monoisotopic (exact) mass is 433 g/mol. The molecule has 1 aliphatic carbocycles. The number of piperidine rings is 1. The van der Waals surface area contributed by atoms with Crippen molar-refractivity contribution in [1.29, 1.82) is 0 Å². The molecule has 1 saturated heterocycles. The molecule has 0 aromatic carbocycles. The third-order valence-electron chi connectivity index (χ3n) is 5.84. The number of nitrogens with one attached hydrogen (secondary N) is 2. The van der Waals surface area contributed by atoms with Crippen LogP contribution in [0.15, 0.2) is 35.5 Å².